The molecule has 0 bridgehead atoms. The average Bonchev–Trinajstić information content (AvgIpc) is 2.72. The van der Waals surface area contributed by atoms with Crippen LogP contribution < -0.4 is 14.4 Å². The first-order valence-corrected chi connectivity index (χ1v) is 13.3. The van der Waals surface area contributed by atoms with Gasteiger partial charge in [-0.15, -0.1) is 0 Å². The number of carbonyl (C=O) groups excluding carboxylic acids is 1. The summed E-state index contributed by atoms with van der Waals surface area (Å²) in [4.78, 5) is 12.8. The minimum atomic E-state index is -3.76. The van der Waals surface area contributed by atoms with Crippen molar-refractivity contribution in [2.75, 3.05) is 42.6 Å². The SMILES string of the molecule is CCN(CC)S(=O)(=O)c1ccc(OC)c(NC(=O)CN(c2ccccc2C)S(C)(=O)=O)c1. The molecule has 2 aromatic carbocycles. The van der Waals surface area contributed by atoms with Gasteiger partial charge in [0.25, 0.3) is 0 Å². The zero-order valence-electron chi connectivity index (χ0n) is 18.8. The van der Waals surface area contributed by atoms with Crippen molar-refractivity contribution in [1.82, 2.24) is 4.31 Å². The molecular formula is C21H29N3O6S2. The van der Waals surface area contributed by atoms with Crippen LogP contribution in [0.3, 0.4) is 0 Å². The maximum atomic E-state index is 12.8. The zero-order valence-corrected chi connectivity index (χ0v) is 20.5. The van der Waals surface area contributed by atoms with Crippen molar-refractivity contribution >= 4 is 37.3 Å². The summed E-state index contributed by atoms with van der Waals surface area (Å²) in [5.74, 6) is -0.395. The van der Waals surface area contributed by atoms with E-state index in [1.54, 1.807) is 45.0 Å². The van der Waals surface area contributed by atoms with E-state index in [0.29, 0.717) is 24.3 Å². The molecule has 0 unspecified atom stereocenters. The third-order valence-electron chi connectivity index (χ3n) is 4.86. The second-order valence-corrected chi connectivity index (χ2v) is 10.9. The number of methoxy groups -OCH3 is 1. The Labute approximate surface area is 190 Å². The first-order chi connectivity index (χ1) is 14.9. The summed E-state index contributed by atoms with van der Waals surface area (Å²) in [7, 11) is -6.12. The van der Waals surface area contributed by atoms with Gasteiger partial charge in [-0.2, -0.15) is 4.31 Å². The molecule has 32 heavy (non-hydrogen) atoms. The summed E-state index contributed by atoms with van der Waals surface area (Å²) >= 11 is 0. The van der Waals surface area contributed by atoms with Gasteiger partial charge in [0.2, 0.25) is 26.0 Å². The summed E-state index contributed by atoms with van der Waals surface area (Å²) in [6.07, 6.45) is 1.02. The van der Waals surface area contributed by atoms with Crippen molar-refractivity contribution in [3.8, 4) is 5.75 Å². The molecule has 0 saturated heterocycles. The molecule has 0 aromatic heterocycles. The van der Waals surface area contributed by atoms with Crippen molar-refractivity contribution in [3.63, 3.8) is 0 Å². The van der Waals surface area contributed by atoms with Crippen LogP contribution in [0.2, 0.25) is 0 Å². The molecule has 0 aliphatic carbocycles. The third-order valence-corrected chi connectivity index (χ3v) is 8.03. The Morgan fingerprint density at radius 3 is 2.19 bits per heavy atom. The Kier molecular flexibility index (Phi) is 8.27. The summed E-state index contributed by atoms with van der Waals surface area (Å²) in [5, 5.41) is 2.59. The predicted molar refractivity (Wildman–Crippen MR) is 125 cm³/mol. The summed E-state index contributed by atoms with van der Waals surface area (Å²) in [5.41, 5.74) is 1.20. The van der Waals surface area contributed by atoms with Crippen molar-refractivity contribution in [2.45, 2.75) is 25.7 Å². The van der Waals surface area contributed by atoms with E-state index in [9.17, 15) is 21.6 Å². The van der Waals surface area contributed by atoms with Gasteiger partial charge >= 0.3 is 0 Å². The largest absolute Gasteiger partial charge is 0.495 e. The van der Waals surface area contributed by atoms with E-state index >= 15 is 0 Å². The quantitative estimate of drug-likeness (QED) is 0.555. The molecule has 0 spiro atoms. The Morgan fingerprint density at radius 2 is 1.66 bits per heavy atom. The second-order valence-electron chi connectivity index (χ2n) is 7.06. The van der Waals surface area contributed by atoms with Crippen LogP contribution in [0.15, 0.2) is 47.4 Å². The molecule has 2 rings (SSSR count). The molecule has 11 heteroatoms. The van der Waals surface area contributed by atoms with E-state index in [-0.39, 0.29) is 16.3 Å². The van der Waals surface area contributed by atoms with Gasteiger partial charge in [0.05, 0.1) is 29.6 Å². The predicted octanol–water partition coefficient (Wildman–Crippen LogP) is 2.44. The highest BCUT2D eigenvalue weighted by atomic mass is 32.2. The lowest BCUT2D eigenvalue weighted by Crippen LogP contribution is -2.38. The van der Waals surface area contributed by atoms with Crippen molar-refractivity contribution in [1.29, 1.82) is 0 Å². The maximum absolute atomic E-state index is 12.8. The number of aryl methyl sites for hydroxylation is 1. The molecule has 176 valence electrons. The summed E-state index contributed by atoms with van der Waals surface area (Å²) in [6, 6.07) is 11.0. The lowest BCUT2D eigenvalue weighted by atomic mass is 10.2. The average molecular weight is 484 g/mol. The van der Waals surface area contributed by atoms with Gasteiger partial charge in [0.15, 0.2) is 0 Å². The molecule has 0 fully saturated rings. The number of para-hydroxylation sites is 1. The number of rotatable bonds is 10. The zero-order chi connectivity index (χ0) is 24.1. The highest BCUT2D eigenvalue weighted by Crippen LogP contribution is 2.29. The lowest BCUT2D eigenvalue weighted by Gasteiger charge is -2.24. The molecule has 2 aromatic rings. The second kappa shape index (κ2) is 10.3. The van der Waals surface area contributed by atoms with Crippen LogP contribution in [-0.2, 0) is 24.8 Å². The van der Waals surface area contributed by atoms with Crippen LogP contribution in [0.1, 0.15) is 19.4 Å². The van der Waals surface area contributed by atoms with Crippen LogP contribution in [0.4, 0.5) is 11.4 Å². The Morgan fingerprint density at radius 1 is 1.03 bits per heavy atom. The number of ether oxygens (including phenoxy) is 1. The fraction of sp³-hybridized carbons (Fsp3) is 0.381. The highest BCUT2D eigenvalue weighted by molar-refractivity contribution is 7.92. The molecule has 0 saturated carbocycles. The molecule has 1 N–H and O–H groups in total. The fourth-order valence-corrected chi connectivity index (χ4v) is 5.60. The van der Waals surface area contributed by atoms with Gasteiger partial charge in [-0.25, -0.2) is 16.8 Å². The Balaban J connectivity index is 2.38. The van der Waals surface area contributed by atoms with Crippen LogP contribution in [-0.4, -0.2) is 60.0 Å². The molecule has 0 aliphatic rings. The molecule has 0 heterocycles. The van der Waals surface area contributed by atoms with Gasteiger partial charge in [-0.05, 0) is 36.8 Å². The topological polar surface area (TPSA) is 113 Å². The van der Waals surface area contributed by atoms with Crippen molar-refractivity contribution in [3.05, 3.63) is 48.0 Å². The molecule has 0 radical (unpaired) electrons. The number of hydrogen-bond acceptors (Lipinski definition) is 6. The van der Waals surface area contributed by atoms with Crippen LogP contribution in [0.25, 0.3) is 0 Å². The van der Waals surface area contributed by atoms with E-state index in [0.717, 1.165) is 10.6 Å². The highest BCUT2D eigenvalue weighted by Gasteiger charge is 2.25. The number of amides is 1. The van der Waals surface area contributed by atoms with E-state index in [1.807, 2.05) is 0 Å². The van der Waals surface area contributed by atoms with Gasteiger partial charge in [0, 0.05) is 13.1 Å². The standard InChI is InChI=1S/C21H29N3O6S2/c1-6-23(7-2)32(28,29)17-12-13-20(30-4)18(14-17)22-21(25)15-24(31(5,26)27)19-11-9-8-10-16(19)3/h8-14H,6-7,15H2,1-5H3,(H,22,25). The number of benzene rings is 2. The van der Waals surface area contributed by atoms with Crippen LogP contribution in [0, 0.1) is 6.92 Å². The number of hydrogen-bond donors (Lipinski definition) is 1. The van der Waals surface area contributed by atoms with E-state index in [1.165, 1.54) is 29.6 Å². The monoisotopic (exact) mass is 483 g/mol. The molecule has 0 atom stereocenters. The summed E-state index contributed by atoms with van der Waals surface area (Å²) in [6.45, 7) is 5.33. The van der Waals surface area contributed by atoms with E-state index in [2.05, 4.69) is 5.32 Å². The van der Waals surface area contributed by atoms with Crippen molar-refractivity contribution < 1.29 is 26.4 Å². The van der Waals surface area contributed by atoms with E-state index in [4.69, 9.17) is 4.74 Å². The molecule has 0 aliphatic heterocycles. The van der Waals surface area contributed by atoms with Gasteiger partial charge < -0.3 is 10.1 Å². The number of nitrogens with zero attached hydrogens (tertiary/aromatic N) is 2. The number of anilines is 2. The fourth-order valence-electron chi connectivity index (χ4n) is 3.20. The minimum Gasteiger partial charge on any atom is -0.495 e. The summed E-state index contributed by atoms with van der Waals surface area (Å²) < 4.78 is 58.0. The minimum absolute atomic E-state index is 0.00354. The maximum Gasteiger partial charge on any atom is 0.245 e. The smallest absolute Gasteiger partial charge is 0.245 e. The number of carbonyl (C=O) groups is 1. The first kappa shape index (κ1) is 25.6. The third kappa shape index (κ3) is 5.78. The van der Waals surface area contributed by atoms with Gasteiger partial charge in [-0.1, -0.05) is 32.0 Å². The van der Waals surface area contributed by atoms with Crippen LogP contribution >= 0.6 is 0 Å². The lowest BCUT2D eigenvalue weighted by molar-refractivity contribution is -0.114. The number of nitrogens with one attached hydrogen (secondary N) is 1. The first-order valence-electron chi connectivity index (χ1n) is 9.97. The number of sulfonamides is 2. The van der Waals surface area contributed by atoms with Crippen LogP contribution in [0.5, 0.6) is 5.75 Å². The van der Waals surface area contributed by atoms with Gasteiger partial charge in [-0.3, -0.25) is 9.10 Å². The van der Waals surface area contributed by atoms with Crippen molar-refractivity contribution in [2.24, 2.45) is 0 Å². The van der Waals surface area contributed by atoms with E-state index < -0.39 is 32.5 Å². The molecule has 9 nitrogen and oxygen atoms in total. The van der Waals surface area contributed by atoms with Gasteiger partial charge in [0.1, 0.15) is 12.3 Å². The normalized spacial score (nSPS) is 11.9. The Hall–Kier alpha value is -2.63. The molecule has 1 amide bonds. The Bertz CT molecular complexity index is 1180. The molecular weight excluding hydrogens is 454 g/mol.